The molecule has 204 valence electrons. The van der Waals surface area contributed by atoms with Crippen LogP contribution in [0.2, 0.25) is 0 Å². The number of ether oxygens (including phenoxy) is 2. The Bertz CT molecular complexity index is 1280. The van der Waals surface area contributed by atoms with Gasteiger partial charge in [0.25, 0.3) is 11.7 Å². The van der Waals surface area contributed by atoms with Crippen molar-refractivity contribution in [3.8, 4) is 11.5 Å². The summed E-state index contributed by atoms with van der Waals surface area (Å²) in [7, 11) is 0. The number of nitrogens with zero attached hydrogens (tertiary/aromatic N) is 1. The summed E-state index contributed by atoms with van der Waals surface area (Å²) in [6, 6.07) is 23.2. The summed E-state index contributed by atoms with van der Waals surface area (Å²) >= 11 is 0. The fraction of sp³-hybridized carbons (Fsp3) is 0.333. The summed E-state index contributed by atoms with van der Waals surface area (Å²) in [6.45, 7) is 5.68. The van der Waals surface area contributed by atoms with E-state index in [4.69, 9.17) is 9.47 Å². The highest BCUT2D eigenvalue weighted by Crippen LogP contribution is 2.41. The van der Waals surface area contributed by atoms with Crippen LogP contribution in [0.1, 0.15) is 68.7 Å². The van der Waals surface area contributed by atoms with Crippen LogP contribution in [0.4, 0.5) is 0 Å². The van der Waals surface area contributed by atoms with Crippen LogP contribution < -0.4 is 9.47 Å². The summed E-state index contributed by atoms with van der Waals surface area (Å²) in [5.41, 5.74) is 2.12. The van der Waals surface area contributed by atoms with Crippen LogP contribution in [-0.4, -0.2) is 34.9 Å². The van der Waals surface area contributed by atoms with Crippen molar-refractivity contribution in [1.82, 2.24) is 4.90 Å². The average Bonchev–Trinajstić information content (AvgIpc) is 3.21. The van der Waals surface area contributed by atoms with Gasteiger partial charge in [-0.15, -0.1) is 0 Å². The maximum atomic E-state index is 13.4. The number of carbonyl (C=O) groups excluding carboxylic acids is 2. The third kappa shape index (κ3) is 6.88. The Labute approximate surface area is 230 Å². The summed E-state index contributed by atoms with van der Waals surface area (Å²) in [5, 5.41) is 11.4. The lowest BCUT2D eigenvalue weighted by atomic mass is 9.95. The van der Waals surface area contributed by atoms with E-state index >= 15 is 0 Å². The summed E-state index contributed by atoms with van der Waals surface area (Å²) in [6.07, 6.45) is 5.13. The molecule has 39 heavy (non-hydrogen) atoms. The summed E-state index contributed by atoms with van der Waals surface area (Å²) < 4.78 is 11.7. The molecule has 1 heterocycles. The molecule has 1 aliphatic heterocycles. The van der Waals surface area contributed by atoms with Crippen molar-refractivity contribution < 1.29 is 24.2 Å². The Balaban J connectivity index is 1.70. The molecule has 0 saturated carbocycles. The zero-order valence-corrected chi connectivity index (χ0v) is 22.8. The maximum Gasteiger partial charge on any atom is 0.295 e. The van der Waals surface area contributed by atoms with E-state index in [9.17, 15) is 14.7 Å². The zero-order chi connectivity index (χ0) is 27.6. The number of carbonyl (C=O) groups is 2. The molecule has 1 amide bonds. The van der Waals surface area contributed by atoms with Crippen molar-refractivity contribution in [1.29, 1.82) is 0 Å². The van der Waals surface area contributed by atoms with E-state index in [1.165, 1.54) is 4.90 Å². The number of hydrogen-bond acceptors (Lipinski definition) is 5. The molecular formula is C33H37NO5. The SMILES string of the molecule is CCCCCOc1ccc(C2C(=C(O)c3cccc(OCCCC)c3)C(=O)C(=O)N2Cc2ccccc2)cc1. The monoisotopic (exact) mass is 527 g/mol. The van der Waals surface area contributed by atoms with E-state index < -0.39 is 17.7 Å². The molecule has 3 aromatic carbocycles. The van der Waals surface area contributed by atoms with E-state index in [0.717, 1.165) is 49.0 Å². The lowest BCUT2D eigenvalue weighted by Gasteiger charge is -2.25. The minimum absolute atomic E-state index is 0.0678. The minimum atomic E-state index is -0.746. The number of ketones is 1. The van der Waals surface area contributed by atoms with Gasteiger partial charge in [0.2, 0.25) is 0 Å². The van der Waals surface area contributed by atoms with Gasteiger partial charge in [-0.2, -0.15) is 0 Å². The van der Waals surface area contributed by atoms with Crippen molar-refractivity contribution in [3.63, 3.8) is 0 Å². The Morgan fingerprint density at radius 1 is 0.795 bits per heavy atom. The number of aliphatic hydroxyl groups excluding tert-OH is 1. The van der Waals surface area contributed by atoms with Crippen molar-refractivity contribution in [2.24, 2.45) is 0 Å². The Hall–Kier alpha value is -4.06. The molecule has 0 radical (unpaired) electrons. The van der Waals surface area contributed by atoms with Gasteiger partial charge in [0.05, 0.1) is 24.8 Å². The molecule has 6 nitrogen and oxygen atoms in total. The Kier molecular flexibility index (Phi) is 9.79. The Morgan fingerprint density at radius 3 is 2.21 bits per heavy atom. The second kappa shape index (κ2) is 13.7. The van der Waals surface area contributed by atoms with Gasteiger partial charge in [0, 0.05) is 12.1 Å². The minimum Gasteiger partial charge on any atom is -0.507 e. The molecule has 1 fully saturated rings. The number of rotatable bonds is 13. The van der Waals surface area contributed by atoms with Crippen LogP contribution in [-0.2, 0) is 16.1 Å². The number of likely N-dealkylation sites (tertiary alicyclic amines) is 1. The van der Waals surface area contributed by atoms with Gasteiger partial charge < -0.3 is 19.5 Å². The highest BCUT2D eigenvalue weighted by Gasteiger charge is 2.46. The van der Waals surface area contributed by atoms with Gasteiger partial charge >= 0.3 is 0 Å². The first kappa shape index (κ1) is 28.0. The second-order valence-electron chi connectivity index (χ2n) is 9.77. The fourth-order valence-electron chi connectivity index (χ4n) is 4.68. The smallest absolute Gasteiger partial charge is 0.295 e. The van der Waals surface area contributed by atoms with Gasteiger partial charge in [0.15, 0.2) is 0 Å². The normalized spacial score (nSPS) is 16.5. The van der Waals surface area contributed by atoms with Crippen LogP contribution in [0.5, 0.6) is 11.5 Å². The van der Waals surface area contributed by atoms with Crippen LogP contribution in [0.25, 0.3) is 5.76 Å². The number of hydrogen-bond donors (Lipinski definition) is 1. The van der Waals surface area contributed by atoms with E-state index in [2.05, 4.69) is 13.8 Å². The molecule has 0 aliphatic carbocycles. The van der Waals surface area contributed by atoms with E-state index in [-0.39, 0.29) is 17.9 Å². The predicted octanol–water partition coefficient (Wildman–Crippen LogP) is 7.06. The first-order valence-corrected chi connectivity index (χ1v) is 13.8. The molecule has 0 bridgehead atoms. The summed E-state index contributed by atoms with van der Waals surface area (Å²) in [4.78, 5) is 28.3. The molecule has 1 atom stereocenters. The van der Waals surface area contributed by atoms with Gasteiger partial charge in [0.1, 0.15) is 17.3 Å². The lowest BCUT2D eigenvalue weighted by Crippen LogP contribution is -2.29. The first-order chi connectivity index (χ1) is 19.0. The van der Waals surface area contributed by atoms with Crippen LogP contribution in [0.15, 0.2) is 84.4 Å². The number of aliphatic hydroxyl groups is 1. The van der Waals surface area contributed by atoms with Crippen LogP contribution in [0, 0.1) is 0 Å². The van der Waals surface area contributed by atoms with Crippen molar-refractivity contribution in [2.45, 2.75) is 58.5 Å². The van der Waals surface area contributed by atoms with Crippen molar-refractivity contribution in [3.05, 3.63) is 101 Å². The number of amides is 1. The van der Waals surface area contributed by atoms with E-state index in [0.29, 0.717) is 24.5 Å². The highest BCUT2D eigenvalue weighted by atomic mass is 16.5. The van der Waals surface area contributed by atoms with Crippen LogP contribution >= 0.6 is 0 Å². The summed E-state index contributed by atoms with van der Waals surface area (Å²) in [5.74, 6) is -0.222. The molecule has 1 unspecified atom stereocenters. The molecule has 0 spiro atoms. The molecular weight excluding hydrogens is 490 g/mol. The Morgan fingerprint density at radius 2 is 1.49 bits per heavy atom. The van der Waals surface area contributed by atoms with Crippen molar-refractivity contribution in [2.75, 3.05) is 13.2 Å². The topological polar surface area (TPSA) is 76.1 Å². The average molecular weight is 528 g/mol. The third-order valence-corrected chi connectivity index (χ3v) is 6.82. The number of unbranched alkanes of at least 4 members (excludes halogenated alkanes) is 3. The van der Waals surface area contributed by atoms with E-state index in [1.54, 1.807) is 18.2 Å². The van der Waals surface area contributed by atoms with Gasteiger partial charge in [-0.25, -0.2) is 0 Å². The standard InChI is InChI=1S/C33H37NO5/c1-3-5-10-21-38-27-18-16-25(17-19-27)30-29(31(35)26-14-11-15-28(22-26)39-20-6-4-2)32(36)33(37)34(30)23-24-12-8-7-9-13-24/h7-9,11-19,22,30,35H,3-6,10,20-21,23H2,1-2H3. The fourth-order valence-corrected chi connectivity index (χ4v) is 4.68. The zero-order valence-electron chi connectivity index (χ0n) is 22.8. The van der Waals surface area contributed by atoms with Crippen LogP contribution in [0.3, 0.4) is 0 Å². The number of Topliss-reactive ketones (excluding diaryl/α,β-unsaturated/α-hetero) is 1. The quantitative estimate of drug-likeness (QED) is 0.111. The van der Waals surface area contributed by atoms with Crippen molar-refractivity contribution >= 4 is 17.4 Å². The van der Waals surface area contributed by atoms with Gasteiger partial charge in [-0.3, -0.25) is 9.59 Å². The molecule has 0 aromatic heterocycles. The maximum absolute atomic E-state index is 13.4. The first-order valence-electron chi connectivity index (χ1n) is 13.8. The number of benzene rings is 3. The predicted molar refractivity (Wildman–Crippen MR) is 153 cm³/mol. The molecule has 6 heteroatoms. The second-order valence-corrected chi connectivity index (χ2v) is 9.77. The highest BCUT2D eigenvalue weighted by molar-refractivity contribution is 6.46. The molecule has 1 aliphatic rings. The molecule has 1 N–H and O–H groups in total. The van der Waals surface area contributed by atoms with E-state index in [1.807, 2.05) is 60.7 Å². The lowest BCUT2D eigenvalue weighted by molar-refractivity contribution is -0.140. The van der Waals surface area contributed by atoms with Gasteiger partial charge in [-0.1, -0.05) is 87.7 Å². The molecule has 4 rings (SSSR count). The van der Waals surface area contributed by atoms with Gasteiger partial charge in [-0.05, 0) is 48.2 Å². The largest absolute Gasteiger partial charge is 0.507 e. The third-order valence-electron chi connectivity index (χ3n) is 6.82. The molecule has 1 saturated heterocycles. The molecule has 3 aromatic rings.